The molecule has 0 saturated carbocycles. The lowest BCUT2D eigenvalue weighted by Gasteiger charge is -2.26. The minimum atomic E-state index is -0.508. The largest absolute Gasteiger partial charge is 0.351 e. The van der Waals surface area contributed by atoms with Crippen LogP contribution in [0.2, 0.25) is 0 Å². The second kappa shape index (κ2) is 7.77. The lowest BCUT2D eigenvalue weighted by Crippen LogP contribution is -2.39. The molecule has 21 heavy (non-hydrogen) atoms. The molecule has 1 saturated heterocycles. The summed E-state index contributed by atoms with van der Waals surface area (Å²) in [4.78, 5) is 24.7. The number of amides is 1. The number of thioether (sulfide) groups is 1. The van der Waals surface area contributed by atoms with Gasteiger partial charge >= 0.3 is 0 Å². The summed E-state index contributed by atoms with van der Waals surface area (Å²) in [6.07, 6.45) is 0. The molecule has 1 aromatic carbocycles. The van der Waals surface area contributed by atoms with Crippen molar-refractivity contribution in [3.63, 3.8) is 0 Å². The molecular formula is C13H16BrN3O3S. The number of nitro groups is 1. The van der Waals surface area contributed by atoms with Crippen molar-refractivity contribution in [2.24, 2.45) is 0 Å². The maximum atomic E-state index is 12.1. The standard InChI is InChI=1S/C13H16BrN3O3S/c14-12-10(2-1-3-11(12)17(19)20)13(18)15-4-5-16-6-8-21-9-7-16/h1-3H,4-9H2,(H,15,18). The van der Waals surface area contributed by atoms with Crippen molar-refractivity contribution in [3.8, 4) is 0 Å². The highest BCUT2D eigenvalue weighted by atomic mass is 79.9. The zero-order valence-corrected chi connectivity index (χ0v) is 13.8. The summed E-state index contributed by atoms with van der Waals surface area (Å²) in [6, 6.07) is 4.45. The zero-order chi connectivity index (χ0) is 15.2. The lowest BCUT2D eigenvalue weighted by atomic mass is 10.2. The number of carbonyl (C=O) groups excluding carboxylic acids is 1. The molecule has 0 radical (unpaired) electrons. The maximum Gasteiger partial charge on any atom is 0.284 e. The molecule has 1 heterocycles. The molecule has 8 heteroatoms. The summed E-state index contributed by atoms with van der Waals surface area (Å²) in [7, 11) is 0. The van der Waals surface area contributed by atoms with E-state index in [1.54, 1.807) is 6.07 Å². The molecule has 2 rings (SSSR count). The van der Waals surface area contributed by atoms with Gasteiger partial charge in [-0.3, -0.25) is 19.8 Å². The fourth-order valence-electron chi connectivity index (χ4n) is 2.08. The van der Waals surface area contributed by atoms with E-state index in [1.165, 1.54) is 12.1 Å². The highest BCUT2D eigenvalue weighted by Gasteiger charge is 2.19. The Labute approximate surface area is 135 Å². The van der Waals surface area contributed by atoms with Gasteiger partial charge in [0.25, 0.3) is 11.6 Å². The Balaban J connectivity index is 1.91. The Morgan fingerprint density at radius 3 is 2.81 bits per heavy atom. The summed E-state index contributed by atoms with van der Waals surface area (Å²) in [6.45, 7) is 3.43. The second-order valence-corrected chi connectivity index (χ2v) is 6.62. The molecule has 1 N–H and O–H groups in total. The highest BCUT2D eigenvalue weighted by Crippen LogP contribution is 2.28. The minimum Gasteiger partial charge on any atom is -0.351 e. The monoisotopic (exact) mass is 373 g/mol. The van der Waals surface area contributed by atoms with Gasteiger partial charge in [0, 0.05) is 43.8 Å². The number of hydrogen-bond acceptors (Lipinski definition) is 5. The van der Waals surface area contributed by atoms with Crippen LogP contribution in [0.15, 0.2) is 22.7 Å². The van der Waals surface area contributed by atoms with Gasteiger partial charge in [-0.25, -0.2) is 0 Å². The second-order valence-electron chi connectivity index (χ2n) is 4.61. The van der Waals surface area contributed by atoms with Gasteiger partial charge in [0.1, 0.15) is 4.47 Å². The van der Waals surface area contributed by atoms with Crippen LogP contribution in [0.1, 0.15) is 10.4 Å². The third-order valence-electron chi connectivity index (χ3n) is 3.24. The smallest absolute Gasteiger partial charge is 0.284 e. The first-order chi connectivity index (χ1) is 10.1. The van der Waals surface area contributed by atoms with Crippen molar-refractivity contribution >= 4 is 39.3 Å². The van der Waals surface area contributed by atoms with E-state index in [0.29, 0.717) is 12.1 Å². The average molecular weight is 374 g/mol. The topological polar surface area (TPSA) is 75.5 Å². The van der Waals surface area contributed by atoms with Crippen molar-refractivity contribution in [2.45, 2.75) is 0 Å². The molecule has 1 aliphatic rings. The zero-order valence-electron chi connectivity index (χ0n) is 11.4. The Morgan fingerprint density at radius 1 is 1.43 bits per heavy atom. The first kappa shape index (κ1) is 16.3. The van der Waals surface area contributed by atoms with Gasteiger partial charge in [0.2, 0.25) is 0 Å². The number of nitro benzene ring substituents is 1. The summed E-state index contributed by atoms with van der Waals surface area (Å²) in [5, 5.41) is 13.7. The molecular weight excluding hydrogens is 358 g/mol. The van der Waals surface area contributed by atoms with Crippen molar-refractivity contribution in [1.82, 2.24) is 10.2 Å². The van der Waals surface area contributed by atoms with Crippen LogP contribution in [0.25, 0.3) is 0 Å². The Morgan fingerprint density at radius 2 is 2.14 bits per heavy atom. The average Bonchev–Trinajstić information content (AvgIpc) is 2.48. The predicted octanol–water partition coefficient (Wildman–Crippen LogP) is 2.14. The molecule has 0 spiro atoms. The molecule has 0 unspecified atom stereocenters. The summed E-state index contributed by atoms with van der Waals surface area (Å²) < 4.78 is 0.224. The maximum absolute atomic E-state index is 12.1. The van der Waals surface area contributed by atoms with E-state index in [1.807, 2.05) is 11.8 Å². The number of hydrogen-bond donors (Lipinski definition) is 1. The SMILES string of the molecule is O=C(NCCN1CCSCC1)c1cccc([N+](=O)[O-])c1Br. The number of benzene rings is 1. The number of halogens is 1. The van der Waals surface area contributed by atoms with Crippen molar-refractivity contribution < 1.29 is 9.72 Å². The van der Waals surface area contributed by atoms with Crippen LogP contribution in [0, 0.1) is 10.1 Å². The Kier molecular flexibility index (Phi) is 6.01. The van der Waals surface area contributed by atoms with E-state index < -0.39 is 4.92 Å². The first-order valence-corrected chi connectivity index (χ1v) is 8.55. The van der Waals surface area contributed by atoms with Gasteiger partial charge < -0.3 is 5.32 Å². The van der Waals surface area contributed by atoms with Crippen molar-refractivity contribution in [3.05, 3.63) is 38.3 Å². The summed E-state index contributed by atoms with van der Waals surface area (Å²) in [5.41, 5.74) is 0.189. The third-order valence-corrected chi connectivity index (χ3v) is 5.01. The van der Waals surface area contributed by atoms with Crippen LogP contribution in [0.3, 0.4) is 0 Å². The molecule has 6 nitrogen and oxygen atoms in total. The van der Waals surface area contributed by atoms with Crippen LogP contribution in [-0.4, -0.2) is 53.4 Å². The molecule has 0 bridgehead atoms. The molecule has 0 aliphatic carbocycles. The fraction of sp³-hybridized carbons (Fsp3) is 0.462. The van der Waals surface area contributed by atoms with E-state index in [2.05, 4.69) is 26.1 Å². The first-order valence-electron chi connectivity index (χ1n) is 6.61. The lowest BCUT2D eigenvalue weighted by molar-refractivity contribution is -0.385. The van der Waals surface area contributed by atoms with Crippen LogP contribution in [-0.2, 0) is 0 Å². The highest BCUT2D eigenvalue weighted by molar-refractivity contribution is 9.10. The number of carbonyl (C=O) groups is 1. The van der Waals surface area contributed by atoms with Crippen LogP contribution in [0.4, 0.5) is 5.69 Å². The van der Waals surface area contributed by atoms with Gasteiger partial charge in [-0.2, -0.15) is 11.8 Å². The molecule has 0 atom stereocenters. The van der Waals surface area contributed by atoms with E-state index in [-0.39, 0.29) is 16.1 Å². The summed E-state index contributed by atoms with van der Waals surface area (Å²) in [5.74, 6) is 1.96. The fourth-order valence-corrected chi connectivity index (χ4v) is 3.65. The summed E-state index contributed by atoms with van der Waals surface area (Å²) >= 11 is 5.08. The van der Waals surface area contributed by atoms with Crippen LogP contribution in [0.5, 0.6) is 0 Å². The number of rotatable bonds is 5. The van der Waals surface area contributed by atoms with Crippen molar-refractivity contribution in [1.29, 1.82) is 0 Å². The van der Waals surface area contributed by atoms with E-state index in [9.17, 15) is 14.9 Å². The molecule has 1 aliphatic heterocycles. The quantitative estimate of drug-likeness (QED) is 0.631. The molecule has 1 fully saturated rings. The van der Waals surface area contributed by atoms with Gasteiger partial charge in [-0.15, -0.1) is 0 Å². The van der Waals surface area contributed by atoms with Gasteiger partial charge in [0.05, 0.1) is 10.5 Å². The normalized spacial score (nSPS) is 15.7. The number of nitrogens with zero attached hydrogens (tertiary/aromatic N) is 2. The van der Waals surface area contributed by atoms with E-state index in [4.69, 9.17) is 0 Å². The molecule has 0 aromatic heterocycles. The van der Waals surface area contributed by atoms with E-state index >= 15 is 0 Å². The minimum absolute atomic E-state index is 0.101. The van der Waals surface area contributed by atoms with Crippen molar-refractivity contribution in [2.75, 3.05) is 37.7 Å². The van der Waals surface area contributed by atoms with Crippen LogP contribution >= 0.6 is 27.7 Å². The molecule has 114 valence electrons. The van der Waals surface area contributed by atoms with Gasteiger partial charge in [-0.1, -0.05) is 6.07 Å². The van der Waals surface area contributed by atoms with Crippen LogP contribution < -0.4 is 5.32 Å². The molecule has 1 amide bonds. The van der Waals surface area contributed by atoms with Gasteiger partial charge in [-0.05, 0) is 22.0 Å². The Hall–Kier alpha value is -1.12. The van der Waals surface area contributed by atoms with E-state index in [0.717, 1.165) is 31.1 Å². The molecule has 1 aromatic rings. The third kappa shape index (κ3) is 4.42. The Bertz CT molecular complexity index is 535. The number of nitrogens with one attached hydrogen (secondary N) is 1. The van der Waals surface area contributed by atoms with Gasteiger partial charge in [0.15, 0.2) is 0 Å². The predicted molar refractivity (Wildman–Crippen MR) is 86.9 cm³/mol.